The van der Waals surface area contributed by atoms with E-state index in [-0.39, 0.29) is 18.7 Å². The monoisotopic (exact) mass is 530 g/mol. The summed E-state index contributed by atoms with van der Waals surface area (Å²) >= 11 is 0. The molecule has 1 saturated heterocycles. The summed E-state index contributed by atoms with van der Waals surface area (Å²) in [5.74, 6) is -0.650. The van der Waals surface area contributed by atoms with Gasteiger partial charge in [0.15, 0.2) is 0 Å². The number of rotatable bonds is 10. The van der Waals surface area contributed by atoms with Crippen LogP contribution in [0.4, 0.5) is 4.79 Å². The number of imide groups is 2. The Hall–Kier alpha value is -4.97. The van der Waals surface area contributed by atoms with E-state index >= 15 is 0 Å². The van der Waals surface area contributed by atoms with Crippen molar-refractivity contribution in [1.29, 1.82) is 0 Å². The van der Waals surface area contributed by atoms with Gasteiger partial charge in [-0.15, -0.1) is 0 Å². The maximum absolute atomic E-state index is 13.6. The van der Waals surface area contributed by atoms with Crippen molar-refractivity contribution < 1.29 is 19.1 Å². The first-order valence-electron chi connectivity index (χ1n) is 13.3. The van der Waals surface area contributed by atoms with E-state index in [9.17, 15) is 14.4 Å². The molecule has 0 spiro atoms. The third-order valence-corrected chi connectivity index (χ3v) is 6.80. The number of para-hydroxylation sites is 1. The molecular formula is C34H30N2O4. The lowest BCUT2D eigenvalue weighted by Crippen LogP contribution is -2.57. The fourth-order valence-electron chi connectivity index (χ4n) is 4.61. The summed E-state index contributed by atoms with van der Waals surface area (Å²) in [5.41, 5.74) is 3.54. The van der Waals surface area contributed by atoms with Crippen molar-refractivity contribution in [2.24, 2.45) is 0 Å². The molecule has 1 aliphatic rings. The van der Waals surface area contributed by atoms with E-state index in [0.29, 0.717) is 30.8 Å². The van der Waals surface area contributed by atoms with Crippen LogP contribution in [0.15, 0.2) is 121 Å². The molecular weight excluding hydrogens is 500 g/mol. The summed E-state index contributed by atoms with van der Waals surface area (Å²) < 4.78 is 6.06. The van der Waals surface area contributed by atoms with Gasteiger partial charge in [0.1, 0.15) is 17.9 Å². The smallest absolute Gasteiger partial charge is 0.333 e. The van der Waals surface area contributed by atoms with Crippen molar-refractivity contribution >= 4 is 23.9 Å². The minimum atomic E-state index is -0.597. The van der Waals surface area contributed by atoms with Crippen molar-refractivity contribution in [2.75, 3.05) is 13.1 Å². The van der Waals surface area contributed by atoms with Crippen molar-refractivity contribution in [3.05, 3.63) is 143 Å². The molecule has 0 aromatic heterocycles. The van der Waals surface area contributed by atoms with Crippen LogP contribution in [0.2, 0.25) is 0 Å². The Bertz CT molecular complexity index is 1430. The molecule has 0 bridgehead atoms. The second-order valence-electron chi connectivity index (χ2n) is 9.54. The highest BCUT2D eigenvalue weighted by Gasteiger charge is 2.41. The number of carbonyl (C=O) groups is 3. The first kappa shape index (κ1) is 26.6. The number of benzene rings is 4. The summed E-state index contributed by atoms with van der Waals surface area (Å²) in [7, 11) is 0. The van der Waals surface area contributed by atoms with E-state index in [1.165, 1.54) is 9.80 Å². The fraction of sp³-hybridized carbons (Fsp3) is 0.147. The Balaban J connectivity index is 1.43. The number of nitrogens with zero attached hydrogens (tertiary/aromatic N) is 2. The predicted molar refractivity (Wildman–Crippen MR) is 154 cm³/mol. The number of urea groups is 1. The predicted octanol–water partition coefficient (Wildman–Crippen LogP) is 5.93. The van der Waals surface area contributed by atoms with Crippen molar-refractivity contribution in [3.63, 3.8) is 0 Å². The minimum Gasteiger partial charge on any atom is -0.488 e. The van der Waals surface area contributed by atoms with Crippen LogP contribution in [0, 0.1) is 0 Å². The van der Waals surface area contributed by atoms with E-state index < -0.39 is 17.8 Å². The second-order valence-corrected chi connectivity index (χ2v) is 9.54. The molecule has 6 heteroatoms. The molecule has 1 heterocycles. The molecule has 0 aliphatic carbocycles. The molecule has 40 heavy (non-hydrogen) atoms. The molecule has 1 fully saturated rings. The Morgan fingerprint density at radius 3 is 1.52 bits per heavy atom. The van der Waals surface area contributed by atoms with Gasteiger partial charge >= 0.3 is 6.03 Å². The standard InChI is InChI=1S/C34H30N2O4/c37-32-30(24-29-18-10-11-19-31(29)40-25-28-16-8-3-9-17-28)33(38)36(23-21-27-14-6-2-7-15-27)34(39)35(32)22-20-26-12-4-1-5-13-26/h1-19,24H,20-23,25H2. The topological polar surface area (TPSA) is 66.9 Å². The van der Waals surface area contributed by atoms with Gasteiger partial charge in [0, 0.05) is 18.7 Å². The third-order valence-electron chi connectivity index (χ3n) is 6.80. The van der Waals surface area contributed by atoms with Crippen molar-refractivity contribution in [3.8, 4) is 5.75 Å². The Kier molecular flexibility index (Phi) is 8.47. The van der Waals surface area contributed by atoms with Gasteiger partial charge in [0.05, 0.1) is 0 Å². The fourth-order valence-corrected chi connectivity index (χ4v) is 4.61. The van der Waals surface area contributed by atoms with E-state index in [2.05, 4.69) is 0 Å². The maximum atomic E-state index is 13.6. The van der Waals surface area contributed by atoms with Crippen LogP contribution in [0.25, 0.3) is 6.08 Å². The number of hydrogen-bond acceptors (Lipinski definition) is 4. The average Bonchev–Trinajstić information content (AvgIpc) is 3.00. The SMILES string of the molecule is O=C1C(=Cc2ccccc2OCc2ccccc2)C(=O)N(CCc2ccccc2)C(=O)N1CCc1ccccc1. The lowest BCUT2D eigenvalue weighted by atomic mass is 10.0. The van der Waals surface area contributed by atoms with Crippen LogP contribution in [-0.4, -0.2) is 40.7 Å². The maximum Gasteiger partial charge on any atom is 0.333 e. The quantitative estimate of drug-likeness (QED) is 0.188. The molecule has 200 valence electrons. The molecule has 0 unspecified atom stereocenters. The van der Waals surface area contributed by atoms with Crippen LogP contribution in [0.5, 0.6) is 5.75 Å². The van der Waals surface area contributed by atoms with Crippen molar-refractivity contribution in [2.45, 2.75) is 19.4 Å². The molecule has 0 radical (unpaired) electrons. The van der Waals surface area contributed by atoms with Gasteiger partial charge in [-0.3, -0.25) is 19.4 Å². The van der Waals surface area contributed by atoms with Crippen LogP contribution < -0.4 is 4.74 Å². The van der Waals surface area contributed by atoms with Gasteiger partial charge in [-0.25, -0.2) is 4.79 Å². The van der Waals surface area contributed by atoms with E-state index in [0.717, 1.165) is 16.7 Å². The minimum absolute atomic E-state index is 0.0588. The molecule has 4 aromatic carbocycles. The molecule has 0 saturated carbocycles. The zero-order chi connectivity index (χ0) is 27.7. The number of amides is 4. The van der Waals surface area contributed by atoms with Crippen LogP contribution in [0.1, 0.15) is 22.3 Å². The highest BCUT2D eigenvalue weighted by molar-refractivity contribution is 6.31. The van der Waals surface area contributed by atoms with Crippen LogP contribution in [0.3, 0.4) is 0 Å². The summed E-state index contributed by atoms with van der Waals surface area (Å²) in [5, 5.41) is 0. The van der Waals surface area contributed by atoms with Crippen LogP contribution in [-0.2, 0) is 29.0 Å². The third kappa shape index (κ3) is 6.35. The van der Waals surface area contributed by atoms with Gasteiger partial charge < -0.3 is 4.74 Å². The molecule has 6 nitrogen and oxygen atoms in total. The van der Waals surface area contributed by atoms with Gasteiger partial charge in [-0.05, 0) is 41.7 Å². The normalized spacial score (nSPS) is 13.5. The molecule has 4 amide bonds. The Labute approximate surface area is 234 Å². The average molecular weight is 531 g/mol. The molecule has 4 aromatic rings. The molecule has 1 aliphatic heterocycles. The van der Waals surface area contributed by atoms with E-state index in [4.69, 9.17) is 4.74 Å². The summed E-state index contributed by atoms with van der Waals surface area (Å²) in [4.78, 5) is 43.1. The van der Waals surface area contributed by atoms with E-state index in [1.807, 2.05) is 103 Å². The highest BCUT2D eigenvalue weighted by Crippen LogP contribution is 2.26. The Morgan fingerprint density at radius 1 is 0.550 bits per heavy atom. The highest BCUT2D eigenvalue weighted by atomic mass is 16.5. The summed E-state index contributed by atoms with van der Waals surface area (Å²) in [6, 6.07) is 35.8. The van der Waals surface area contributed by atoms with Gasteiger partial charge in [-0.2, -0.15) is 0 Å². The Morgan fingerprint density at radius 2 is 1.00 bits per heavy atom. The molecule has 0 atom stereocenters. The zero-order valence-corrected chi connectivity index (χ0v) is 22.1. The van der Waals surface area contributed by atoms with Crippen molar-refractivity contribution in [1.82, 2.24) is 9.80 Å². The first-order chi connectivity index (χ1) is 19.6. The number of hydrogen-bond donors (Lipinski definition) is 0. The summed E-state index contributed by atoms with van der Waals surface area (Å²) in [6.07, 6.45) is 2.52. The van der Waals surface area contributed by atoms with Crippen LogP contribution >= 0.6 is 0 Å². The van der Waals surface area contributed by atoms with Gasteiger partial charge in [0.2, 0.25) is 0 Å². The van der Waals surface area contributed by atoms with Gasteiger partial charge in [0.25, 0.3) is 11.8 Å². The van der Waals surface area contributed by atoms with E-state index in [1.54, 1.807) is 18.2 Å². The molecule has 5 rings (SSSR count). The lowest BCUT2D eigenvalue weighted by molar-refractivity contribution is -0.135. The van der Waals surface area contributed by atoms with Gasteiger partial charge in [-0.1, -0.05) is 109 Å². The molecule has 0 N–H and O–H groups in total. The zero-order valence-electron chi connectivity index (χ0n) is 22.1. The first-order valence-corrected chi connectivity index (χ1v) is 13.3. The number of barbiturate groups is 1. The lowest BCUT2D eigenvalue weighted by Gasteiger charge is -2.34. The largest absolute Gasteiger partial charge is 0.488 e. The number of ether oxygens (including phenoxy) is 1. The number of carbonyl (C=O) groups excluding carboxylic acids is 3. The summed E-state index contributed by atoms with van der Waals surface area (Å²) in [6.45, 7) is 0.675. The second kappa shape index (κ2) is 12.7.